The molecule has 0 aliphatic rings. The predicted molar refractivity (Wildman–Crippen MR) is 63.3 cm³/mol. The Morgan fingerprint density at radius 3 is 3.12 bits per heavy atom. The van der Waals surface area contributed by atoms with Crippen LogP contribution in [-0.4, -0.2) is 19.6 Å². The summed E-state index contributed by atoms with van der Waals surface area (Å²) in [5.74, 6) is 5.35. The highest BCUT2D eigenvalue weighted by Crippen LogP contribution is 2.05. The van der Waals surface area contributed by atoms with Crippen molar-refractivity contribution in [1.82, 2.24) is 0 Å². The van der Waals surface area contributed by atoms with Crippen LogP contribution in [-0.2, 0) is 4.74 Å². The summed E-state index contributed by atoms with van der Waals surface area (Å²) in [6, 6.07) is 6.86. The van der Waals surface area contributed by atoms with Gasteiger partial charge in [-0.25, -0.2) is 4.79 Å². The lowest BCUT2D eigenvalue weighted by Crippen LogP contribution is -2.00. The van der Waals surface area contributed by atoms with E-state index in [1.54, 1.807) is 24.3 Å². The van der Waals surface area contributed by atoms with Gasteiger partial charge in [0.15, 0.2) is 0 Å². The molecule has 86 valence electrons. The number of benzene rings is 1. The number of ether oxygens (including phenoxy) is 1. The monoisotopic (exact) mass is 229 g/mol. The number of carbonyl (C=O) groups excluding carboxylic acids is 1. The molecular weight excluding hydrogens is 218 g/mol. The zero-order valence-corrected chi connectivity index (χ0v) is 9.38. The molecule has 0 radical (unpaired) electrons. The SMILES string of the molecule is COC(=O)c1cccc(C#CCCN=[N+]=[N-])c1. The Balaban J connectivity index is 2.71. The van der Waals surface area contributed by atoms with Gasteiger partial charge < -0.3 is 4.74 Å². The fourth-order valence-electron chi connectivity index (χ4n) is 1.16. The van der Waals surface area contributed by atoms with Gasteiger partial charge in [0, 0.05) is 23.4 Å². The summed E-state index contributed by atoms with van der Waals surface area (Å²) in [5.41, 5.74) is 9.26. The summed E-state index contributed by atoms with van der Waals surface area (Å²) >= 11 is 0. The predicted octanol–water partition coefficient (Wildman–Crippen LogP) is 2.53. The normalized spacial score (nSPS) is 8.53. The van der Waals surface area contributed by atoms with Crippen LogP contribution >= 0.6 is 0 Å². The van der Waals surface area contributed by atoms with Gasteiger partial charge in [0.1, 0.15) is 0 Å². The second-order valence-corrected chi connectivity index (χ2v) is 3.08. The maximum absolute atomic E-state index is 11.3. The van der Waals surface area contributed by atoms with E-state index >= 15 is 0 Å². The Morgan fingerprint density at radius 1 is 1.59 bits per heavy atom. The number of carbonyl (C=O) groups is 1. The first-order valence-electron chi connectivity index (χ1n) is 4.96. The smallest absolute Gasteiger partial charge is 0.337 e. The standard InChI is InChI=1S/C12H11N3O2/c1-17-12(16)11-7-4-6-10(9-11)5-2-3-8-14-15-13/h4,6-7,9H,3,8H2,1H3. The highest BCUT2D eigenvalue weighted by atomic mass is 16.5. The maximum atomic E-state index is 11.3. The molecule has 0 N–H and O–H groups in total. The van der Waals surface area contributed by atoms with Crippen LogP contribution in [0.1, 0.15) is 22.3 Å². The molecule has 0 aliphatic carbocycles. The van der Waals surface area contributed by atoms with Crippen LogP contribution in [0.15, 0.2) is 29.4 Å². The second-order valence-electron chi connectivity index (χ2n) is 3.08. The number of hydrogen-bond donors (Lipinski definition) is 0. The number of methoxy groups -OCH3 is 1. The minimum Gasteiger partial charge on any atom is -0.465 e. The van der Waals surface area contributed by atoms with E-state index in [0.717, 1.165) is 5.56 Å². The largest absolute Gasteiger partial charge is 0.465 e. The molecule has 5 nitrogen and oxygen atoms in total. The number of hydrogen-bond acceptors (Lipinski definition) is 3. The van der Waals surface area contributed by atoms with E-state index in [-0.39, 0.29) is 5.97 Å². The second kappa shape index (κ2) is 6.94. The molecular formula is C12H11N3O2. The van der Waals surface area contributed by atoms with Crippen LogP contribution in [0.2, 0.25) is 0 Å². The molecule has 0 heterocycles. The zero-order valence-electron chi connectivity index (χ0n) is 9.38. The molecule has 0 saturated carbocycles. The Labute approximate surface area is 99.0 Å². The van der Waals surface area contributed by atoms with E-state index < -0.39 is 0 Å². The average molecular weight is 229 g/mol. The molecule has 0 aromatic heterocycles. The maximum Gasteiger partial charge on any atom is 0.337 e. The van der Waals surface area contributed by atoms with Crippen LogP contribution < -0.4 is 0 Å². The van der Waals surface area contributed by atoms with Crippen molar-refractivity contribution in [3.05, 3.63) is 45.8 Å². The van der Waals surface area contributed by atoms with Crippen LogP contribution in [0, 0.1) is 11.8 Å². The highest BCUT2D eigenvalue weighted by molar-refractivity contribution is 5.89. The molecule has 0 spiro atoms. The third kappa shape index (κ3) is 4.29. The van der Waals surface area contributed by atoms with Crippen LogP contribution in [0.4, 0.5) is 0 Å². The van der Waals surface area contributed by atoms with E-state index in [2.05, 4.69) is 26.6 Å². The van der Waals surface area contributed by atoms with Crippen LogP contribution in [0.5, 0.6) is 0 Å². The minimum absolute atomic E-state index is 0.347. The van der Waals surface area contributed by atoms with Crippen LogP contribution in [0.25, 0.3) is 10.4 Å². The van der Waals surface area contributed by atoms with Gasteiger partial charge in [0.25, 0.3) is 0 Å². The third-order valence-electron chi connectivity index (χ3n) is 1.92. The molecule has 5 heteroatoms. The fourth-order valence-corrected chi connectivity index (χ4v) is 1.16. The summed E-state index contributed by atoms with van der Waals surface area (Å²) in [6.07, 6.45) is 0.493. The van der Waals surface area contributed by atoms with E-state index in [1.165, 1.54) is 7.11 Å². The van der Waals surface area contributed by atoms with E-state index in [4.69, 9.17) is 5.53 Å². The summed E-state index contributed by atoms with van der Waals surface area (Å²) in [7, 11) is 1.33. The number of azide groups is 1. The fraction of sp³-hybridized carbons (Fsp3) is 0.250. The minimum atomic E-state index is -0.386. The van der Waals surface area contributed by atoms with E-state index in [0.29, 0.717) is 18.5 Å². The van der Waals surface area contributed by atoms with Crippen molar-refractivity contribution in [3.8, 4) is 11.8 Å². The van der Waals surface area contributed by atoms with Crippen LogP contribution in [0.3, 0.4) is 0 Å². The van der Waals surface area contributed by atoms with Gasteiger partial charge in [-0.3, -0.25) is 0 Å². The quantitative estimate of drug-likeness (QED) is 0.199. The molecule has 1 aromatic rings. The first kappa shape index (κ1) is 12.6. The summed E-state index contributed by atoms with van der Waals surface area (Å²) in [6.45, 7) is 0.347. The lowest BCUT2D eigenvalue weighted by molar-refractivity contribution is 0.0600. The molecule has 1 aromatic carbocycles. The average Bonchev–Trinajstić information content (AvgIpc) is 2.38. The van der Waals surface area contributed by atoms with Gasteiger partial charge in [-0.15, -0.1) is 0 Å². The molecule has 0 unspecified atom stereocenters. The van der Waals surface area contributed by atoms with Gasteiger partial charge >= 0.3 is 5.97 Å². The van der Waals surface area contributed by atoms with Crippen molar-refractivity contribution in [1.29, 1.82) is 0 Å². The van der Waals surface area contributed by atoms with Crippen molar-refractivity contribution in [2.45, 2.75) is 6.42 Å². The molecule has 0 atom stereocenters. The highest BCUT2D eigenvalue weighted by Gasteiger charge is 2.03. The number of nitrogens with zero attached hydrogens (tertiary/aromatic N) is 3. The van der Waals surface area contributed by atoms with Crippen molar-refractivity contribution in [2.24, 2.45) is 5.11 Å². The summed E-state index contributed by atoms with van der Waals surface area (Å²) in [5, 5.41) is 3.37. The molecule has 0 amide bonds. The summed E-state index contributed by atoms with van der Waals surface area (Å²) in [4.78, 5) is 13.9. The zero-order chi connectivity index (χ0) is 12.5. The molecule has 1 rings (SSSR count). The Morgan fingerprint density at radius 2 is 2.41 bits per heavy atom. The lowest BCUT2D eigenvalue weighted by atomic mass is 10.1. The Kier molecular flexibility index (Phi) is 5.15. The Bertz CT molecular complexity index is 508. The summed E-state index contributed by atoms with van der Waals surface area (Å²) < 4.78 is 4.61. The molecule has 0 bridgehead atoms. The molecule has 0 aliphatic heterocycles. The van der Waals surface area contributed by atoms with Gasteiger partial charge in [0.05, 0.1) is 12.7 Å². The first-order valence-corrected chi connectivity index (χ1v) is 4.96. The van der Waals surface area contributed by atoms with E-state index in [9.17, 15) is 4.79 Å². The van der Waals surface area contributed by atoms with Crippen molar-refractivity contribution in [3.63, 3.8) is 0 Å². The van der Waals surface area contributed by atoms with Crippen molar-refractivity contribution in [2.75, 3.05) is 13.7 Å². The number of esters is 1. The first-order chi connectivity index (χ1) is 8.27. The number of rotatable bonds is 3. The molecule has 0 saturated heterocycles. The van der Waals surface area contributed by atoms with Crippen molar-refractivity contribution < 1.29 is 9.53 Å². The van der Waals surface area contributed by atoms with Gasteiger partial charge in [-0.2, -0.15) is 0 Å². The van der Waals surface area contributed by atoms with Gasteiger partial charge in [0.2, 0.25) is 0 Å². The topological polar surface area (TPSA) is 75.1 Å². The lowest BCUT2D eigenvalue weighted by Gasteiger charge is -1.98. The third-order valence-corrected chi connectivity index (χ3v) is 1.92. The molecule has 0 fully saturated rings. The van der Waals surface area contributed by atoms with E-state index in [1.807, 2.05) is 0 Å². The molecule has 17 heavy (non-hydrogen) atoms. The van der Waals surface area contributed by atoms with Gasteiger partial charge in [-0.1, -0.05) is 23.0 Å². The Hall–Kier alpha value is -2.44. The van der Waals surface area contributed by atoms with Crippen molar-refractivity contribution >= 4 is 5.97 Å². The van der Waals surface area contributed by atoms with Gasteiger partial charge in [-0.05, 0) is 23.7 Å².